The van der Waals surface area contributed by atoms with Crippen molar-refractivity contribution in [1.82, 2.24) is 5.32 Å². The number of esters is 1. The molecule has 0 bridgehead atoms. The number of hydrogen-bond donors (Lipinski definition) is 2. The van der Waals surface area contributed by atoms with Gasteiger partial charge in [-0.05, 0) is 33.6 Å². The quantitative estimate of drug-likeness (QED) is 0.432. The summed E-state index contributed by atoms with van der Waals surface area (Å²) in [5, 5.41) is 2.60. The lowest BCUT2D eigenvalue weighted by atomic mass is 9.98. The third-order valence-corrected chi connectivity index (χ3v) is 4.84. The van der Waals surface area contributed by atoms with E-state index < -0.39 is 24.1 Å². The van der Waals surface area contributed by atoms with Crippen molar-refractivity contribution in [2.75, 3.05) is 14.2 Å². The highest BCUT2D eigenvalue weighted by atomic mass is 16.8. The van der Waals surface area contributed by atoms with Crippen molar-refractivity contribution in [3.05, 3.63) is 0 Å². The van der Waals surface area contributed by atoms with Crippen LogP contribution in [-0.2, 0) is 33.3 Å². The van der Waals surface area contributed by atoms with Crippen molar-refractivity contribution in [2.45, 2.75) is 88.9 Å². The average Bonchev–Trinajstić information content (AvgIpc) is 3.08. The second-order valence-corrected chi connectivity index (χ2v) is 7.49. The van der Waals surface area contributed by atoms with Crippen LogP contribution in [0, 0.1) is 0 Å². The Morgan fingerprint density at radius 1 is 1.22 bits per heavy atom. The Bertz CT molecular complexity index is 528. The first kappa shape index (κ1) is 22.0. The van der Waals surface area contributed by atoms with Gasteiger partial charge in [0.15, 0.2) is 12.1 Å². The molecule has 6 atom stereocenters. The molecule has 2 heterocycles. The predicted octanol–water partition coefficient (Wildman–Crippen LogP) is 0.443. The Morgan fingerprint density at radius 2 is 1.93 bits per heavy atom. The van der Waals surface area contributed by atoms with Crippen LogP contribution in [0.25, 0.3) is 0 Å². The van der Waals surface area contributed by atoms with E-state index >= 15 is 0 Å². The number of nitrogens with two attached hydrogens (primary N) is 1. The molecule has 2 fully saturated rings. The fourth-order valence-electron chi connectivity index (χ4n) is 3.50. The number of carbonyl (C=O) groups excluding carboxylic acids is 2. The van der Waals surface area contributed by atoms with Gasteiger partial charge in [-0.2, -0.15) is 0 Å². The van der Waals surface area contributed by atoms with Gasteiger partial charge in [-0.1, -0.05) is 6.42 Å². The van der Waals surface area contributed by atoms with Gasteiger partial charge in [-0.25, -0.2) is 4.79 Å². The summed E-state index contributed by atoms with van der Waals surface area (Å²) in [5.74, 6) is -1.35. The van der Waals surface area contributed by atoms with E-state index in [0.717, 1.165) is 6.42 Å². The van der Waals surface area contributed by atoms with Gasteiger partial charge in [0.25, 0.3) is 0 Å². The van der Waals surface area contributed by atoms with Crippen LogP contribution in [0.5, 0.6) is 0 Å². The van der Waals surface area contributed by atoms with E-state index in [4.69, 9.17) is 24.7 Å². The largest absolute Gasteiger partial charge is 0.467 e. The smallest absolute Gasteiger partial charge is 0.328 e. The number of ether oxygens (including phenoxy) is 5. The summed E-state index contributed by atoms with van der Waals surface area (Å²) in [6, 6.07) is -0.907. The van der Waals surface area contributed by atoms with Crippen LogP contribution in [0.4, 0.5) is 0 Å². The van der Waals surface area contributed by atoms with Crippen molar-refractivity contribution < 1.29 is 33.3 Å². The molecule has 0 aromatic carbocycles. The van der Waals surface area contributed by atoms with Gasteiger partial charge >= 0.3 is 5.97 Å². The van der Waals surface area contributed by atoms with E-state index in [-0.39, 0.29) is 30.3 Å². The molecule has 2 aliphatic rings. The maximum absolute atomic E-state index is 11.8. The van der Waals surface area contributed by atoms with Crippen LogP contribution in [0.3, 0.4) is 0 Å². The minimum atomic E-state index is -0.699. The highest BCUT2D eigenvalue weighted by Crippen LogP contribution is 2.39. The van der Waals surface area contributed by atoms with E-state index in [1.54, 1.807) is 14.0 Å². The number of methoxy groups -OCH3 is 2. The molecule has 156 valence electrons. The Balaban J connectivity index is 1.71. The Labute approximate surface area is 160 Å². The van der Waals surface area contributed by atoms with E-state index in [1.165, 1.54) is 7.11 Å². The van der Waals surface area contributed by atoms with Gasteiger partial charge in [0.05, 0.1) is 7.11 Å². The molecule has 0 aromatic rings. The zero-order chi connectivity index (χ0) is 20.2. The molecule has 0 spiro atoms. The van der Waals surface area contributed by atoms with Crippen LogP contribution >= 0.6 is 0 Å². The molecular weight excluding hydrogens is 356 g/mol. The molecule has 0 saturated carbocycles. The Kier molecular flexibility index (Phi) is 7.58. The first-order valence-corrected chi connectivity index (χ1v) is 9.35. The zero-order valence-corrected chi connectivity index (χ0v) is 16.7. The molecule has 9 nitrogen and oxygen atoms in total. The first-order chi connectivity index (χ1) is 12.7. The maximum atomic E-state index is 11.8. The molecule has 27 heavy (non-hydrogen) atoms. The maximum Gasteiger partial charge on any atom is 0.328 e. The molecule has 0 unspecified atom stereocenters. The second-order valence-electron chi connectivity index (χ2n) is 7.49. The molecule has 3 N–H and O–H groups in total. The minimum absolute atomic E-state index is 0.188. The Hall–Kier alpha value is -1.26. The Morgan fingerprint density at radius 3 is 2.56 bits per heavy atom. The summed E-state index contributed by atoms with van der Waals surface area (Å²) in [5.41, 5.74) is 6.29. The van der Waals surface area contributed by atoms with Crippen molar-refractivity contribution in [3.8, 4) is 0 Å². The van der Waals surface area contributed by atoms with Gasteiger partial charge in [0, 0.05) is 19.6 Å². The lowest BCUT2D eigenvalue weighted by Gasteiger charge is -2.28. The molecule has 0 aliphatic carbocycles. The van der Waals surface area contributed by atoms with Crippen LogP contribution in [-0.4, -0.2) is 68.6 Å². The van der Waals surface area contributed by atoms with E-state index in [0.29, 0.717) is 19.3 Å². The lowest BCUT2D eigenvalue weighted by Crippen LogP contribution is -2.46. The topological polar surface area (TPSA) is 118 Å². The number of hydrogen-bond acceptors (Lipinski definition) is 8. The molecule has 2 aliphatic heterocycles. The van der Waals surface area contributed by atoms with Gasteiger partial charge in [0.2, 0.25) is 5.91 Å². The predicted molar refractivity (Wildman–Crippen MR) is 95.6 cm³/mol. The molecule has 2 saturated heterocycles. The van der Waals surface area contributed by atoms with Crippen molar-refractivity contribution >= 4 is 11.9 Å². The average molecular weight is 388 g/mol. The summed E-state index contributed by atoms with van der Waals surface area (Å²) in [7, 11) is 2.90. The molecule has 2 rings (SSSR count). The van der Waals surface area contributed by atoms with Gasteiger partial charge in [-0.3, -0.25) is 4.79 Å². The van der Waals surface area contributed by atoms with Gasteiger partial charge in [-0.15, -0.1) is 0 Å². The summed E-state index contributed by atoms with van der Waals surface area (Å²) in [4.78, 5) is 23.1. The standard InChI is InChI=1S/C18H32N2O7/c1-10(16(22)24-5)20-12(21)9-7-6-8-11(19)13-14(23-4)15-17(25-13)27-18(2,3)26-15/h10-11,13-15,17H,6-9,19H2,1-5H3,(H,20,21)/t10-,11-,13+,14-,15+,17+/m0/s1. The van der Waals surface area contributed by atoms with Crippen LogP contribution in [0.2, 0.25) is 0 Å². The number of amides is 1. The van der Waals surface area contributed by atoms with Crippen LogP contribution < -0.4 is 11.1 Å². The van der Waals surface area contributed by atoms with Crippen LogP contribution in [0.1, 0.15) is 46.5 Å². The minimum Gasteiger partial charge on any atom is -0.467 e. The molecule has 9 heteroatoms. The van der Waals surface area contributed by atoms with E-state index in [2.05, 4.69) is 10.1 Å². The normalized spacial score (nSPS) is 31.2. The third-order valence-electron chi connectivity index (χ3n) is 4.84. The van der Waals surface area contributed by atoms with E-state index in [1.807, 2.05) is 13.8 Å². The third kappa shape index (κ3) is 5.61. The highest BCUT2D eigenvalue weighted by molar-refractivity contribution is 5.83. The lowest BCUT2D eigenvalue weighted by molar-refractivity contribution is -0.219. The fourth-order valence-corrected chi connectivity index (χ4v) is 3.50. The monoisotopic (exact) mass is 388 g/mol. The second kappa shape index (κ2) is 9.29. The van der Waals surface area contributed by atoms with Crippen molar-refractivity contribution in [3.63, 3.8) is 0 Å². The SMILES string of the molecule is COC(=O)[C@H](C)NC(=O)CCCC[C@H](N)[C@H]1O[C@@H]2OC(C)(C)O[C@@H]2[C@H]1OC. The highest BCUT2D eigenvalue weighted by Gasteiger charge is 2.56. The molecule has 0 aromatic heterocycles. The number of fused-ring (bicyclic) bond motifs is 1. The molecular formula is C18H32N2O7. The number of nitrogens with one attached hydrogen (secondary N) is 1. The fraction of sp³-hybridized carbons (Fsp3) is 0.889. The number of carbonyl (C=O) groups is 2. The summed E-state index contributed by atoms with van der Waals surface area (Å²) < 4.78 is 27.7. The number of unbranched alkanes of at least 4 members (excludes halogenated alkanes) is 1. The van der Waals surface area contributed by atoms with Crippen molar-refractivity contribution in [2.24, 2.45) is 5.73 Å². The number of rotatable bonds is 9. The molecule has 1 amide bonds. The van der Waals surface area contributed by atoms with Gasteiger partial charge < -0.3 is 34.7 Å². The van der Waals surface area contributed by atoms with Crippen molar-refractivity contribution in [1.29, 1.82) is 0 Å². The van der Waals surface area contributed by atoms with E-state index in [9.17, 15) is 9.59 Å². The van der Waals surface area contributed by atoms with Crippen LogP contribution in [0.15, 0.2) is 0 Å². The summed E-state index contributed by atoms with van der Waals surface area (Å²) in [6.07, 6.45) is 1.00. The first-order valence-electron chi connectivity index (χ1n) is 9.35. The zero-order valence-electron chi connectivity index (χ0n) is 16.7. The molecule has 0 radical (unpaired) electrons. The summed E-state index contributed by atoms with van der Waals surface area (Å²) in [6.45, 7) is 5.26. The van der Waals surface area contributed by atoms with Gasteiger partial charge in [0.1, 0.15) is 24.4 Å². The summed E-state index contributed by atoms with van der Waals surface area (Å²) >= 11 is 0.